The summed E-state index contributed by atoms with van der Waals surface area (Å²) in [4.78, 5) is 23.6. The molecule has 0 amide bonds. The highest BCUT2D eigenvalue weighted by Gasteiger charge is 2.45. The third kappa shape index (κ3) is 2.02. The van der Waals surface area contributed by atoms with Crippen LogP contribution in [0.1, 0.15) is 30.6 Å². The molecule has 0 N–H and O–H groups in total. The van der Waals surface area contributed by atoms with Gasteiger partial charge in [0.05, 0.1) is 18.6 Å². The molecular weight excluding hydrogens is 220 g/mol. The number of ether oxygens (including phenoxy) is 2. The first-order chi connectivity index (χ1) is 8.07. The maximum atomic E-state index is 12.1. The first-order valence-electron chi connectivity index (χ1n) is 5.55. The number of esters is 1. The molecule has 2 rings (SSSR count). The van der Waals surface area contributed by atoms with Crippen LogP contribution >= 0.6 is 0 Å². The molecule has 4 heteroatoms. The Bertz CT molecular complexity index is 466. The van der Waals surface area contributed by atoms with Gasteiger partial charge in [0.2, 0.25) is 5.78 Å². The zero-order chi connectivity index (χ0) is 12.5. The van der Waals surface area contributed by atoms with Crippen LogP contribution < -0.4 is 4.74 Å². The quantitative estimate of drug-likeness (QED) is 0.750. The number of carbonyl (C=O) groups excluding carboxylic acids is 2. The van der Waals surface area contributed by atoms with Crippen molar-refractivity contribution in [2.75, 3.05) is 6.61 Å². The van der Waals surface area contributed by atoms with Gasteiger partial charge in [0.25, 0.3) is 0 Å². The first kappa shape index (κ1) is 11.6. The van der Waals surface area contributed by atoms with Gasteiger partial charge in [-0.3, -0.25) is 9.59 Å². The van der Waals surface area contributed by atoms with E-state index >= 15 is 0 Å². The van der Waals surface area contributed by atoms with Crippen molar-refractivity contribution < 1.29 is 19.1 Å². The summed E-state index contributed by atoms with van der Waals surface area (Å²) in [6, 6.07) is 7.00. The fourth-order valence-corrected chi connectivity index (χ4v) is 1.92. The van der Waals surface area contributed by atoms with E-state index in [1.165, 1.54) is 0 Å². The van der Waals surface area contributed by atoms with Crippen molar-refractivity contribution in [1.29, 1.82) is 0 Å². The van der Waals surface area contributed by atoms with E-state index in [0.717, 1.165) is 0 Å². The number of rotatable bonds is 3. The second kappa shape index (κ2) is 4.20. The van der Waals surface area contributed by atoms with Gasteiger partial charge in [-0.1, -0.05) is 12.1 Å². The second-order valence-corrected chi connectivity index (χ2v) is 4.14. The Morgan fingerprint density at radius 3 is 2.76 bits per heavy atom. The Morgan fingerprint density at radius 1 is 1.41 bits per heavy atom. The van der Waals surface area contributed by atoms with Gasteiger partial charge >= 0.3 is 5.97 Å². The summed E-state index contributed by atoms with van der Waals surface area (Å²) in [5.41, 5.74) is -0.602. The first-order valence-corrected chi connectivity index (χ1v) is 5.55. The van der Waals surface area contributed by atoms with E-state index in [4.69, 9.17) is 9.47 Å². The molecule has 1 heterocycles. The lowest BCUT2D eigenvalue weighted by molar-refractivity contribution is -0.146. The molecule has 0 spiro atoms. The van der Waals surface area contributed by atoms with E-state index in [0.29, 0.717) is 17.9 Å². The zero-order valence-corrected chi connectivity index (χ0v) is 9.86. The van der Waals surface area contributed by atoms with Crippen molar-refractivity contribution in [2.45, 2.75) is 25.9 Å². The Balaban J connectivity index is 2.20. The molecular formula is C13H14O4. The third-order valence-electron chi connectivity index (χ3n) is 2.73. The largest absolute Gasteiger partial charge is 0.478 e. The van der Waals surface area contributed by atoms with E-state index in [-0.39, 0.29) is 12.2 Å². The summed E-state index contributed by atoms with van der Waals surface area (Å²) >= 11 is 0. The summed E-state index contributed by atoms with van der Waals surface area (Å²) in [5.74, 6) is -0.0541. The van der Waals surface area contributed by atoms with E-state index in [2.05, 4.69) is 0 Å². The molecule has 1 aliphatic rings. The van der Waals surface area contributed by atoms with E-state index in [9.17, 15) is 9.59 Å². The number of carbonyl (C=O) groups is 2. The van der Waals surface area contributed by atoms with Crippen LogP contribution in [0.25, 0.3) is 0 Å². The number of benzene rings is 1. The summed E-state index contributed by atoms with van der Waals surface area (Å²) in [6.07, 6.45) is -0.0612. The molecule has 0 saturated carbocycles. The maximum absolute atomic E-state index is 12.1. The van der Waals surface area contributed by atoms with Gasteiger partial charge in [0, 0.05) is 0 Å². The van der Waals surface area contributed by atoms with E-state index in [1.54, 1.807) is 38.1 Å². The van der Waals surface area contributed by atoms with Crippen molar-refractivity contribution in [1.82, 2.24) is 0 Å². The lowest BCUT2D eigenvalue weighted by Gasteiger charge is -2.20. The molecule has 1 atom stereocenters. The van der Waals surface area contributed by atoms with Gasteiger partial charge in [-0.25, -0.2) is 0 Å². The van der Waals surface area contributed by atoms with E-state index < -0.39 is 11.6 Å². The van der Waals surface area contributed by atoms with Gasteiger partial charge in [-0.15, -0.1) is 0 Å². The second-order valence-electron chi connectivity index (χ2n) is 4.14. The lowest BCUT2D eigenvalue weighted by Crippen LogP contribution is -2.39. The zero-order valence-electron chi connectivity index (χ0n) is 9.86. The van der Waals surface area contributed by atoms with Crippen molar-refractivity contribution in [2.24, 2.45) is 0 Å². The standard InChI is InChI=1S/C13H14O4/c1-3-16-11(14)8-13(2)12(15)9-6-4-5-7-10(9)17-13/h4-7H,3,8H2,1-2H3/t13-/m0/s1. The molecule has 1 aromatic rings. The van der Waals surface area contributed by atoms with Crippen LogP contribution in [0.2, 0.25) is 0 Å². The molecule has 0 saturated heterocycles. The highest BCUT2D eigenvalue weighted by molar-refractivity contribution is 6.08. The van der Waals surface area contributed by atoms with Crippen LogP contribution in [0.5, 0.6) is 5.75 Å². The summed E-state index contributed by atoms with van der Waals surface area (Å²) in [7, 11) is 0. The number of fused-ring (bicyclic) bond motifs is 1. The Kier molecular flexibility index (Phi) is 2.88. The Labute approximate surface area is 99.5 Å². The monoisotopic (exact) mass is 234 g/mol. The highest BCUT2D eigenvalue weighted by atomic mass is 16.5. The topological polar surface area (TPSA) is 52.6 Å². The van der Waals surface area contributed by atoms with Crippen LogP contribution in [-0.2, 0) is 9.53 Å². The molecule has 0 aliphatic carbocycles. The van der Waals surface area contributed by atoms with Crippen LogP contribution in [0.4, 0.5) is 0 Å². The minimum Gasteiger partial charge on any atom is -0.478 e. The Morgan fingerprint density at radius 2 is 2.12 bits per heavy atom. The van der Waals surface area contributed by atoms with Crippen molar-refractivity contribution in [3.05, 3.63) is 29.8 Å². The minimum atomic E-state index is -1.13. The minimum absolute atomic E-state index is 0.0612. The predicted molar refractivity (Wildman–Crippen MR) is 61.1 cm³/mol. The van der Waals surface area contributed by atoms with Gasteiger partial charge < -0.3 is 9.47 Å². The van der Waals surface area contributed by atoms with Gasteiger partial charge in [-0.2, -0.15) is 0 Å². The fourth-order valence-electron chi connectivity index (χ4n) is 1.92. The van der Waals surface area contributed by atoms with Crippen LogP contribution in [0.3, 0.4) is 0 Å². The lowest BCUT2D eigenvalue weighted by atomic mass is 9.94. The summed E-state index contributed by atoms with van der Waals surface area (Å²) in [5, 5.41) is 0. The molecule has 1 aliphatic heterocycles. The smallest absolute Gasteiger partial charge is 0.310 e. The van der Waals surface area contributed by atoms with Crippen LogP contribution in [0, 0.1) is 0 Å². The van der Waals surface area contributed by atoms with Crippen LogP contribution in [-0.4, -0.2) is 24.0 Å². The van der Waals surface area contributed by atoms with Crippen molar-refractivity contribution >= 4 is 11.8 Å². The van der Waals surface area contributed by atoms with Crippen LogP contribution in [0.15, 0.2) is 24.3 Å². The molecule has 0 aromatic heterocycles. The van der Waals surface area contributed by atoms with Gasteiger partial charge in [-0.05, 0) is 26.0 Å². The molecule has 0 unspecified atom stereocenters. The molecule has 90 valence electrons. The van der Waals surface area contributed by atoms with Gasteiger partial charge in [0.15, 0.2) is 5.60 Å². The molecule has 0 fully saturated rings. The average Bonchev–Trinajstić information content (AvgIpc) is 2.52. The summed E-state index contributed by atoms with van der Waals surface area (Å²) < 4.78 is 10.4. The number of hydrogen-bond donors (Lipinski definition) is 0. The SMILES string of the molecule is CCOC(=O)C[C@]1(C)Oc2ccccc2C1=O. The van der Waals surface area contributed by atoms with Crippen molar-refractivity contribution in [3.63, 3.8) is 0 Å². The Hall–Kier alpha value is -1.84. The molecule has 0 radical (unpaired) electrons. The molecule has 1 aromatic carbocycles. The summed E-state index contributed by atoms with van der Waals surface area (Å²) in [6.45, 7) is 3.65. The third-order valence-corrected chi connectivity index (χ3v) is 2.73. The fraction of sp³-hybridized carbons (Fsp3) is 0.385. The predicted octanol–water partition coefficient (Wildman–Crippen LogP) is 1.97. The van der Waals surface area contributed by atoms with Crippen molar-refractivity contribution in [3.8, 4) is 5.75 Å². The van der Waals surface area contributed by atoms with Gasteiger partial charge in [0.1, 0.15) is 5.75 Å². The normalized spacial score (nSPS) is 21.9. The molecule has 17 heavy (non-hydrogen) atoms. The average molecular weight is 234 g/mol. The maximum Gasteiger partial charge on any atom is 0.310 e. The molecule has 4 nitrogen and oxygen atoms in total. The van der Waals surface area contributed by atoms with E-state index in [1.807, 2.05) is 0 Å². The number of hydrogen-bond acceptors (Lipinski definition) is 4. The number of ketones is 1. The number of para-hydroxylation sites is 1. The highest BCUT2D eigenvalue weighted by Crippen LogP contribution is 2.36. The molecule has 0 bridgehead atoms. The number of Topliss-reactive ketones (excluding diaryl/α,β-unsaturated/α-hetero) is 1.